The second kappa shape index (κ2) is 10.3. The third-order valence-electron chi connectivity index (χ3n) is 5.04. The van der Waals surface area contributed by atoms with Crippen LogP contribution in [0.25, 0.3) is 0 Å². The van der Waals surface area contributed by atoms with Crippen LogP contribution < -0.4 is 0 Å². The lowest BCUT2D eigenvalue weighted by atomic mass is 9.89. The van der Waals surface area contributed by atoms with Crippen molar-refractivity contribution in [1.29, 1.82) is 0 Å². The van der Waals surface area contributed by atoms with Crippen LogP contribution in [0.4, 0.5) is 0 Å². The average Bonchev–Trinajstić information content (AvgIpc) is 2.60. The Kier molecular flexibility index (Phi) is 8.34. The van der Waals surface area contributed by atoms with Gasteiger partial charge < -0.3 is 19.5 Å². The number of hydrogen-bond acceptors (Lipinski definition) is 4. The van der Waals surface area contributed by atoms with Gasteiger partial charge in [-0.1, -0.05) is 19.3 Å². The van der Waals surface area contributed by atoms with Crippen LogP contribution in [0, 0.1) is 5.92 Å². The van der Waals surface area contributed by atoms with Gasteiger partial charge in [-0.25, -0.2) is 0 Å². The van der Waals surface area contributed by atoms with Crippen molar-refractivity contribution < 1.29 is 19.4 Å². The molecule has 23 heavy (non-hydrogen) atoms. The molecule has 0 aromatic carbocycles. The maximum atomic E-state index is 12.6. The molecule has 1 N–H and O–H groups in total. The van der Waals surface area contributed by atoms with E-state index in [0.29, 0.717) is 19.1 Å². The summed E-state index contributed by atoms with van der Waals surface area (Å²) in [7, 11) is 0. The molecular formula is C18H33NO4. The van der Waals surface area contributed by atoms with E-state index >= 15 is 0 Å². The molecule has 0 aromatic rings. The number of carbonyl (C=O) groups is 1. The summed E-state index contributed by atoms with van der Waals surface area (Å²) in [5.74, 6) is 0.577. The van der Waals surface area contributed by atoms with E-state index < -0.39 is 6.10 Å². The van der Waals surface area contributed by atoms with Crippen LogP contribution in [-0.4, -0.2) is 61.0 Å². The summed E-state index contributed by atoms with van der Waals surface area (Å²) in [5, 5.41) is 9.28. The molecule has 2 rings (SSSR count). The van der Waals surface area contributed by atoms with E-state index in [1.807, 2.05) is 6.92 Å². The highest BCUT2D eigenvalue weighted by atomic mass is 16.5. The van der Waals surface area contributed by atoms with Crippen molar-refractivity contribution in [3.63, 3.8) is 0 Å². The molecule has 1 aliphatic carbocycles. The third kappa shape index (κ3) is 6.40. The van der Waals surface area contributed by atoms with Crippen LogP contribution in [0.5, 0.6) is 0 Å². The number of carbonyl (C=O) groups excluding carboxylic acids is 1. The summed E-state index contributed by atoms with van der Waals surface area (Å²) < 4.78 is 11.4. The van der Waals surface area contributed by atoms with Crippen molar-refractivity contribution in [2.24, 2.45) is 5.92 Å². The standard InChI is InChI=1S/C18H33NO4/c1-15(23-14-17-9-5-6-12-22-17)18(21)19(10-11-20)13-16-7-3-2-4-8-16/h15-17,20H,2-14H2,1H3/t15-,17+/m1/s1. The lowest BCUT2D eigenvalue weighted by Crippen LogP contribution is -2.44. The number of hydrogen-bond donors (Lipinski definition) is 1. The van der Waals surface area contributed by atoms with E-state index in [9.17, 15) is 9.90 Å². The monoisotopic (exact) mass is 327 g/mol. The van der Waals surface area contributed by atoms with E-state index in [0.717, 1.165) is 26.0 Å². The Bertz CT molecular complexity index is 338. The molecule has 1 amide bonds. The molecule has 2 fully saturated rings. The van der Waals surface area contributed by atoms with E-state index in [2.05, 4.69) is 0 Å². The summed E-state index contributed by atoms with van der Waals surface area (Å²) in [6.45, 7) is 4.28. The van der Waals surface area contributed by atoms with Gasteiger partial charge in [0.25, 0.3) is 5.91 Å². The summed E-state index contributed by atoms with van der Waals surface area (Å²) in [6.07, 6.45) is 9.20. The van der Waals surface area contributed by atoms with Gasteiger partial charge in [0, 0.05) is 19.7 Å². The molecule has 0 spiro atoms. The fraction of sp³-hybridized carbons (Fsp3) is 0.944. The normalized spacial score (nSPS) is 24.3. The molecule has 1 aliphatic heterocycles. The zero-order chi connectivity index (χ0) is 16.5. The summed E-state index contributed by atoms with van der Waals surface area (Å²) >= 11 is 0. The topological polar surface area (TPSA) is 59.0 Å². The molecule has 2 aliphatic rings. The minimum atomic E-state index is -0.462. The minimum Gasteiger partial charge on any atom is -0.395 e. The summed E-state index contributed by atoms with van der Waals surface area (Å²) in [5.41, 5.74) is 0. The van der Waals surface area contributed by atoms with Crippen LogP contribution in [0.2, 0.25) is 0 Å². The van der Waals surface area contributed by atoms with Crippen molar-refractivity contribution >= 4 is 5.91 Å². The van der Waals surface area contributed by atoms with Gasteiger partial charge >= 0.3 is 0 Å². The number of nitrogens with zero attached hydrogens (tertiary/aromatic N) is 1. The van der Waals surface area contributed by atoms with Crippen LogP contribution in [-0.2, 0) is 14.3 Å². The van der Waals surface area contributed by atoms with Crippen molar-refractivity contribution in [2.75, 3.05) is 32.9 Å². The van der Waals surface area contributed by atoms with Crippen molar-refractivity contribution in [3.05, 3.63) is 0 Å². The lowest BCUT2D eigenvalue weighted by molar-refractivity contribution is -0.147. The predicted molar refractivity (Wildman–Crippen MR) is 89.2 cm³/mol. The van der Waals surface area contributed by atoms with Crippen molar-refractivity contribution in [1.82, 2.24) is 4.90 Å². The summed E-state index contributed by atoms with van der Waals surface area (Å²) in [4.78, 5) is 14.4. The minimum absolute atomic E-state index is 0.000401. The number of aliphatic hydroxyl groups excluding tert-OH is 1. The SMILES string of the molecule is C[C@@H](OC[C@@H]1CCCCO1)C(=O)N(CCO)CC1CCCCC1. The highest BCUT2D eigenvalue weighted by Crippen LogP contribution is 2.24. The lowest BCUT2D eigenvalue weighted by Gasteiger charge is -2.31. The smallest absolute Gasteiger partial charge is 0.251 e. The molecule has 2 atom stereocenters. The fourth-order valence-electron chi connectivity index (χ4n) is 3.61. The highest BCUT2D eigenvalue weighted by molar-refractivity contribution is 5.80. The first-order valence-electron chi connectivity index (χ1n) is 9.33. The number of rotatable bonds is 8. The zero-order valence-corrected chi connectivity index (χ0v) is 14.5. The molecule has 0 bridgehead atoms. The van der Waals surface area contributed by atoms with Gasteiger partial charge in [-0.15, -0.1) is 0 Å². The molecule has 5 heteroatoms. The molecule has 1 heterocycles. The third-order valence-corrected chi connectivity index (χ3v) is 5.04. The first-order valence-corrected chi connectivity index (χ1v) is 9.33. The molecule has 1 saturated carbocycles. The number of ether oxygens (including phenoxy) is 2. The second-order valence-electron chi connectivity index (χ2n) is 6.98. The van der Waals surface area contributed by atoms with Crippen molar-refractivity contribution in [3.8, 4) is 0 Å². The molecule has 0 aromatic heterocycles. The second-order valence-corrected chi connectivity index (χ2v) is 6.98. The predicted octanol–water partition coefficient (Wildman–Crippen LogP) is 2.36. The first-order chi connectivity index (χ1) is 11.2. The quantitative estimate of drug-likeness (QED) is 0.743. The summed E-state index contributed by atoms with van der Waals surface area (Å²) in [6, 6.07) is 0. The van der Waals surface area contributed by atoms with Gasteiger partial charge in [-0.05, 0) is 44.9 Å². The van der Waals surface area contributed by atoms with Crippen LogP contribution in [0.3, 0.4) is 0 Å². The largest absolute Gasteiger partial charge is 0.395 e. The number of aliphatic hydroxyl groups is 1. The van der Waals surface area contributed by atoms with E-state index in [4.69, 9.17) is 9.47 Å². The van der Waals surface area contributed by atoms with E-state index in [-0.39, 0.29) is 18.6 Å². The van der Waals surface area contributed by atoms with Gasteiger partial charge in [0.05, 0.1) is 19.3 Å². The number of amides is 1. The zero-order valence-electron chi connectivity index (χ0n) is 14.5. The Morgan fingerprint density at radius 3 is 2.61 bits per heavy atom. The maximum Gasteiger partial charge on any atom is 0.251 e. The average molecular weight is 327 g/mol. The Hall–Kier alpha value is -0.650. The maximum absolute atomic E-state index is 12.6. The van der Waals surface area contributed by atoms with E-state index in [1.54, 1.807) is 4.90 Å². The van der Waals surface area contributed by atoms with E-state index in [1.165, 1.54) is 38.5 Å². The highest BCUT2D eigenvalue weighted by Gasteiger charge is 2.25. The molecular weight excluding hydrogens is 294 g/mol. The Morgan fingerprint density at radius 1 is 1.22 bits per heavy atom. The molecule has 0 radical (unpaired) electrons. The fourth-order valence-corrected chi connectivity index (χ4v) is 3.61. The van der Waals surface area contributed by atoms with Crippen molar-refractivity contribution in [2.45, 2.75) is 70.5 Å². The molecule has 134 valence electrons. The van der Waals surface area contributed by atoms with Gasteiger partial charge in [0.15, 0.2) is 0 Å². The Labute approximate surface area is 140 Å². The Morgan fingerprint density at radius 2 is 1.96 bits per heavy atom. The molecule has 1 saturated heterocycles. The van der Waals surface area contributed by atoms with Gasteiger partial charge in [0.2, 0.25) is 0 Å². The van der Waals surface area contributed by atoms with Gasteiger partial charge in [-0.3, -0.25) is 4.79 Å². The van der Waals surface area contributed by atoms with Gasteiger partial charge in [0.1, 0.15) is 6.10 Å². The van der Waals surface area contributed by atoms with Crippen LogP contribution in [0.1, 0.15) is 58.3 Å². The molecule has 0 unspecified atom stereocenters. The van der Waals surface area contributed by atoms with Gasteiger partial charge in [-0.2, -0.15) is 0 Å². The molecule has 5 nitrogen and oxygen atoms in total. The van der Waals surface area contributed by atoms with Crippen LogP contribution >= 0.6 is 0 Å². The first kappa shape index (κ1) is 18.7. The van der Waals surface area contributed by atoms with Crippen LogP contribution in [0.15, 0.2) is 0 Å². The Balaban J connectivity index is 1.77.